The molecule has 0 amide bonds. The zero-order valence-corrected chi connectivity index (χ0v) is 19.0. The molecule has 160 valence electrons. The summed E-state index contributed by atoms with van der Waals surface area (Å²) in [6.07, 6.45) is 1.60. The first kappa shape index (κ1) is 21.2. The largest absolute Gasteiger partial charge is 0.457 e. The number of fused-ring (bicyclic) bond motifs is 1. The summed E-state index contributed by atoms with van der Waals surface area (Å²) in [7, 11) is 0. The van der Waals surface area contributed by atoms with E-state index in [1.807, 2.05) is 12.1 Å². The Kier molecular flexibility index (Phi) is 5.61. The molecule has 0 spiro atoms. The fourth-order valence-electron chi connectivity index (χ4n) is 3.31. The molecule has 5 rings (SSSR count). The van der Waals surface area contributed by atoms with E-state index in [2.05, 4.69) is 11.1 Å². The molecule has 33 heavy (non-hydrogen) atoms. The van der Waals surface area contributed by atoms with Crippen molar-refractivity contribution in [2.75, 3.05) is 0 Å². The minimum Gasteiger partial charge on any atom is -0.457 e. The van der Waals surface area contributed by atoms with Crippen molar-refractivity contribution < 1.29 is 8.83 Å². The van der Waals surface area contributed by atoms with Crippen LogP contribution < -0.4 is 5.63 Å². The van der Waals surface area contributed by atoms with E-state index in [0.29, 0.717) is 54.6 Å². The van der Waals surface area contributed by atoms with Crippen molar-refractivity contribution >= 4 is 57.2 Å². The third kappa shape index (κ3) is 4.22. The quantitative estimate of drug-likeness (QED) is 0.192. The van der Waals surface area contributed by atoms with Gasteiger partial charge in [0.05, 0.1) is 21.9 Å². The summed E-state index contributed by atoms with van der Waals surface area (Å²) in [5, 5.41) is 13.7. The van der Waals surface area contributed by atoms with Gasteiger partial charge < -0.3 is 8.83 Å². The van der Waals surface area contributed by atoms with Crippen LogP contribution in [0.15, 0.2) is 79.7 Å². The number of rotatable bonds is 4. The fraction of sp³-hybridized carbons (Fsp3) is 0. The number of hydrogen-bond acceptors (Lipinski definition) is 6. The number of benzene rings is 2. The van der Waals surface area contributed by atoms with Gasteiger partial charge in [0, 0.05) is 27.4 Å². The molecular formula is C25H12Cl2N2O3S. The van der Waals surface area contributed by atoms with Crippen LogP contribution in [0.1, 0.15) is 10.8 Å². The molecule has 0 radical (unpaired) electrons. The molecule has 0 fully saturated rings. The Hall–Kier alpha value is -3.63. The monoisotopic (exact) mass is 490 g/mol. The Morgan fingerprint density at radius 3 is 2.70 bits per heavy atom. The van der Waals surface area contributed by atoms with Crippen molar-refractivity contribution in [2.45, 2.75) is 0 Å². The number of furan rings is 1. The fourth-order valence-corrected chi connectivity index (χ4v) is 4.60. The zero-order valence-electron chi connectivity index (χ0n) is 16.7. The minimum atomic E-state index is -0.483. The van der Waals surface area contributed by atoms with E-state index in [-0.39, 0.29) is 0 Å². The van der Waals surface area contributed by atoms with Gasteiger partial charge in [-0.15, -0.1) is 11.3 Å². The molecule has 0 aliphatic rings. The smallest absolute Gasteiger partial charge is 0.345 e. The molecule has 8 heteroatoms. The van der Waals surface area contributed by atoms with E-state index in [9.17, 15) is 10.1 Å². The molecule has 0 N–H and O–H groups in total. The van der Waals surface area contributed by atoms with Gasteiger partial charge in [0.2, 0.25) is 0 Å². The predicted octanol–water partition coefficient (Wildman–Crippen LogP) is 7.55. The standard InChI is InChI=1S/C25H12Cl2N2O3S/c26-16-5-7-18(20(27)11-16)23-8-6-17(31-23)9-15(12-28)24-29-21(13-33-24)19-10-14-3-1-2-4-22(14)32-25(19)30/h1-11,13H/b15-9+. The average molecular weight is 491 g/mol. The summed E-state index contributed by atoms with van der Waals surface area (Å²) in [5.41, 5.74) is 1.81. The van der Waals surface area contributed by atoms with Crippen molar-refractivity contribution in [1.82, 2.24) is 4.98 Å². The average Bonchev–Trinajstić information content (AvgIpc) is 3.47. The first-order chi connectivity index (χ1) is 16.0. The maximum absolute atomic E-state index is 12.4. The number of para-hydroxylation sites is 1. The number of nitriles is 1. The zero-order chi connectivity index (χ0) is 22.9. The second-order valence-electron chi connectivity index (χ2n) is 7.02. The molecule has 0 unspecified atom stereocenters. The normalized spacial score (nSPS) is 11.6. The van der Waals surface area contributed by atoms with Crippen LogP contribution in [-0.4, -0.2) is 4.98 Å². The van der Waals surface area contributed by atoms with E-state index >= 15 is 0 Å². The molecule has 0 aliphatic heterocycles. The van der Waals surface area contributed by atoms with E-state index in [0.717, 1.165) is 5.39 Å². The Bertz CT molecular complexity index is 1640. The molecular weight excluding hydrogens is 479 g/mol. The van der Waals surface area contributed by atoms with E-state index < -0.39 is 5.63 Å². The maximum atomic E-state index is 12.4. The first-order valence-corrected chi connectivity index (χ1v) is 11.3. The Balaban J connectivity index is 1.48. The summed E-state index contributed by atoms with van der Waals surface area (Å²) in [5.74, 6) is 1.02. The molecule has 2 aromatic carbocycles. The highest BCUT2D eigenvalue weighted by Crippen LogP contribution is 2.33. The van der Waals surface area contributed by atoms with E-state index in [1.54, 1.807) is 60.0 Å². The third-order valence-corrected chi connectivity index (χ3v) is 6.31. The lowest BCUT2D eigenvalue weighted by molar-refractivity contribution is 0.563. The summed E-state index contributed by atoms with van der Waals surface area (Å²) in [4.78, 5) is 16.9. The molecule has 5 aromatic rings. The van der Waals surface area contributed by atoms with Gasteiger partial charge >= 0.3 is 5.63 Å². The van der Waals surface area contributed by atoms with Gasteiger partial charge in [-0.25, -0.2) is 9.78 Å². The number of thiazole rings is 1. The maximum Gasteiger partial charge on any atom is 0.345 e. The van der Waals surface area contributed by atoms with Crippen LogP contribution >= 0.6 is 34.5 Å². The molecule has 0 aliphatic carbocycles. The molecule has 3 aromatic heterocycles. The van der Waals surface area contributed by atoms with Crippen LogP contribution in [0, 0.1) is 11.3 Å². The number of aromatic nitrogens is 1. The van der Waals surface area contributed by atoms with Crippen LogP contribution in [0.5, 0.6) is 0 Å². The topological polar surface area (TPSA) is 80.0 Å². The number of allylic oxidation sites excluding steroid dienone is 1. The minimum absolute atomic E-state index is 0.305. The van der Waals surface area contributed by atoms with Crippen molar-refractivity contribution in [3.05, 3.63) is 97.3 Å². The van der Waals surface area contributed by atoms with Crippen molar-refractivity contribution in [2.24, 2.45) is 0 Å². The summed E-state index contributed by atoms with van der Waals surface area (Å²) < 4.78 is 11.3. The lowest BCUT2D eigenvalue weighted by Crippen LogP contribution is -2.02. The van der Waals surface area contributed by atoms with Crippen molar-refractivity contribution in [3.63, 3.8) is 0 Å². The van der Waals surface area contributed by atoms with Gasteiger partial charge in [0.25, 0.3) is 0 Å². The molecule has 0 saturated heterocycles. The van der Waals surface area contributed by atoms with Crippen LogP contribution in [0.3, 0.4) is 0 Å². The van der Waals surface area contributed by atoms with E-state index in [4.69, 9.17) is 32.0 Å². The summed E-state index contributed by atoms with van der Waals surface area (Å²) in [6, 6.07) is 19.8. The van der Waals surface area contributed by atoms with Gasteiger partial charge in [-0.3, -0.25) is 0 Å². The highest BCUT2D eigenvalue weighted by atomic mass is 35.5. The highest BCUT2D eigenvalue weighted by Gasteiger charge is 2.15. The third-order valence-electron chi connectivity index (χ3n) is 4.88. The van der Waals surface area contributed by atoms with Crippen LogP contribution in [-0.2, 0) is 0 Å². The van der Waals surface area contributed by atoms with Gasteiger partial charge in [-0.2, -0.15) is 5.26 Å². The number of nitrogens with zero attached hydrogens (tertiary/aromatic N) is 2. The van der Waals surface area contributed by atoms with Gasteiger partial charge in [-0.05, 0) is 42.5 Å². The number of halogens is 2. The Morgan fingerprint density at radius 1 is 1.03 bits per heavy atom. The molecule has 3 heterocycles. The lowest BCUT2D eigenvalue weighted by atomic mass is 10.1. The second kappa shape index (κ2) is 8.72. The second-order valence-corrected chi connectivity index (χ2v) is 8.72. The van der Waals surface area contributed by atoms with Crippen LogP contribution in [0.4, 0.5) is 0 Å². The summed E-state index contributed by atoms with van der Waals surface area (Å²) >= 11 is 13.5. The SMILES string of the molecule is N#C/C(=C\c1ccc(-c2ccc(Cl)cc2Cl)o1)c1nc(-c2cc3ccccc3oc2=O)cs1. The molecule has 0 atom stereocenters. The molecule has 0 bridgehead atoms. The molecule has 5 nitrogen and oxygen atoms in total. The Morgan fingerprint density at radius 2 is 1.88 bits per heavy atom. The van der Waals surface area contributed by atoms with Gasteiger partial charge in [0.15, 0.2) is 0 Å². The van der Waals surface area contributed by atoms with Crippen molar-refractivity contribution in [1.29, 1.82) is 5.26 Å². The van der Waals surface area contributed by atoms with Crippen LogP contribution in [0.2, 0.25) is 10.0 Å². The predicted molar refractivity (Wildman–Crippen MR) is 131 cm³/mol. The van der Waals surface area contributed by atoms with Crippen LogP contribution in [0.25, 0.3) is 45.2 Å². The number of hydrogen-bond donors (Lipinski definition) is 0. The lowest BCUT2D eigenvalue weighted by Gasteiger charge is -2.01. The van der Waals surface area contributed by atoms with Gasteiger partial charge in [0.1, 0.15) is 28.2 Å². The van der Waals surface area contributed by atoms with E-state index in [1.165, 1.54) is 11.3 Å². The van der Waals surface area contributed by atoms with Gasteiger partial charge in [-0.1, -0.05) is 41.4 Å². The first-order valence-electron chi connectivity index (χ1n) is 9.68. The summed E-state index contributed by atoms with van der Waals surface area (Å²) in [6.45, 7) is 0. The van der Waals surface area contributed by atoms with Crippen molar-refractivity contribution in [3.8, 4) is 28.7 Å². The molecule has 0 saturated carbocycles. The highest BCUT2D eigenvalue weighted by molar-refractivity contribution is 7.11. The Labute approximate surface area is 201 Å².